The lowest BCUT2D eigenvalue weighted by Gasteiger charge is -1.97. The Morgan fingerprint density at radius 3 is 2.39 bits per heavy atom. The molecule has 1 nitrogen and oxygen atoms in total. The molecular formula is C14H11FOS2. The van der Waals surface area contributed by atoms with Crippen molar-refractivity contribution in [3.8, 4) is 0 Å². The first-order valence-electron chi connectivity index (χ1n) is 5.59. The zero-order valence-corrected chi connectivity index (χ0v) is 11.3. The van der Waals surface area contributed by atoms with Gasteiger partial charge in [0.15, 0.2) is 0 Å². The smallest absolute Gasteiger partial charge is 0.139 e. The van der Waals surface area contributed by atoms with E-state index in [1.807, 2.05) is 18.2 Å². The number of para-hydroxylation sites is 1. The maximum Gasteiger partial charge on any atom is 0.139 e. The van der Waals surface area contributed by atoms with Gasteiger partial charge in [-0.05, 0) is 12.1 Å². The molecule has 92 valence electrons. The Hall–Kier alpha value is -1.13. The van der Waals surface area contributed by atoms with Crippen molar-refractivity contribution < 1.29 is 8.81 Å². The summed E-state index contributed by atoms with van der Waals surface area (Å²) in [6.45, 7) is 0. The fraction of sp³-hybridized carbons (Fsp3) is 0.143. The average molecular weight is 278 g/mol. The third kappa shape index (κ3) is 1.71. The lowest BCUT2D eigenvalue weighted by molar-refractivity contribution is 0.623. The molecule has 0 aliphatic rings. The monoisotopic (exact) mass is 278 g/mol. The van der Waals surface area contributed by atoms with E-state index in [9.17, 15) is 4.39 Å². The molecule has 3 aromatic rings. The Bertz CT molecular complexity index is 733. The molecule has 4 heteroatoms. The van der Waals surface area contributed by atoms with E-state index in [1.165, 1.54) is 12.1 Å². The van der Waals surface area contributed by atoms with E-state index >= 15 is 0 Å². The Morgan fingerprint density at radius 2 is 1.67 bits per heavy atom. The fourth-order valence-corrected chi connectivity index (χ4v) is 2.72. The number of thiol groups is 2. The van der Waals surface area contributed by atoms with E-state index in [0.717, 1.165) is 33.1 Å². The molecule has 0 saturated heterocycles. The molecule has 0 N–H and O–H groups in total. The summed E-state index contributed by atoms with van der Waals surface area (Å²) in [4.78, 5) is 0. The first kappa shape index (κ1) is 11.9. The first-order valence-corrected chi connectivity index (χ1v) is 6.85. The summed E-state index contributed by atoms with van der Waals surface area (Å²) >= 11 is 8.51. The molecule has 0 saturated carbocycles. The van der Waals surface area contributed by atoms with Crippen LogP contribution in [0.3, 0.4) is 0 Å². The number of furan rings is 1. The molecule has 2 aromatic carbocycles. The number of fused-ring (bicyclic) bond motifs is 3. The van der Waals surface area contributed by atoms with Crippen molar-refractivity contribution in [2.45, 2.75) is 11.5 Å². The Morgan fingerprint density at radius 1 is 0.944 bits per heavy atom. The van der Waals surface area contributed by atoms with Gasteiger partial charge in [0.1, 0.15) is 17.0 Å². The van der Waals surface area contributed by atoms with E-state index < -0.39 is 0 Å². The second-order valence-corrected chi connectivity index (χ2v) is 4.79. The van der Waals surface area contributed by atoms with Crippen LogP contribution in [0, 0.1) is 5.82 Å². The van der Waals surface area contributed by atoms with Gasteiger partial charge in [-0.25, -0.2) is 4.39 Å². The van der Waals surface area contributed by atoms with Crippen molar-refractivity contribution >= 4 is 47.2 Å². The van der Waals surface area contributed by atoms with Crippen molar-refractivity contribution in [1.82, 2.24) is 0 Å². The molecule has 0 fully saturated rings. The topological polar surface area (TPSA) is 13.1 Å². The fourth-order valence-electron chi connectivity index (χ4n) is 2.23. The van der Waals surface area contributed by atoms with E-state index in [-0.39, 0.29) is 5.82 Å². The number of rotatable bonds is 2. The SMILES string of the molecule is Fc1cc(CS)c2oc3c(CS)cccc3c2c1. The first-order chi connectivity index (χ1) is 8.74. The summed E-state index contributed by atoms with van der Waals surface area (Å²) in [5, 5.41) is 1.73. The minimum atomic E-state index is -0.259. The number of benzene rings is 2. The maximum atomic E-state index is 13.6. The quantitative estimate of drug-likeness (QED) is 0.654. The zero-order chi connectivity index (χ0) is 12.7. The van der Waals surface area contributed by atoms with E-state index in [4.69, 9.17) is 4.42 Å². The second-order valence-electron chi connectivity index (χ2n) is 4.15. The number of hydrogen-bond donors (Lipinski definition) is 2. The van der Waals surface area contributed by atoms with Gasteiger partial charge in [0.2, 0.25) is 0 Å². The molecule has 0 radical (unpaired) electrons. The number of halogens is 1. The summed E-state index contributed by atoms with van der Waals surface area (Å²) in [6.07, 6.45) is 0. The van der Waals surface area contributed by atoms with Crippen LogP contribution < -0.4 is 0 Å². The molecular weight excluding hydrogens is 267 g/mol. The standard InChI is InChI=1S/C14H11FOS2/c15-10-4-9(7-18)14-12(5-10)11-3-1-2-8(6-17)13(11)16-14/h1-5,17-18H,6-7H2. The van der Waals surface area contributed by atoms with E-state index in [1.54, 1.807) is 0 Å². The van der Waals surface area contributed by atoms with Crippen molar-refractivity contribution in [1.29, 1.82) is 0 Å². The highest BCUT2D eigenvalue weighted by atomic mass is 32.1. The molecule has 3 rings (SSSR count). The average Bonchev–Trinajstić information content (AvgIpc) is 2.76. The molecule has 18 heavy (non-hydrogen) atoms. The lowest BCUT2D eigenvalue weighted by Crippen LogP contribution is -1.82. The van der Waals surface area contributed by atoms with Crippen LogP contribution in [-0.4, -0.2) is 0 Å². The van der Waals surface area contributed by atoms with Crippen molar-refractivity contribution in [3.05, 3.63) is 47.3 Å². The highest BCUT2D eigenvalue weighted by Gasteiger charge is 2.13. The second kappa shape index (κ2) is 4.52. The van der Waals surface area contributed by atoms with Gasteiger partial charge in [0.05, 0.1) is 0 Å². The molecule has 0 amide bonds. The molecule has 0 spiro atoms. The highest BCUT2D eigenvalue weighted by Crippen LogP contribution is 2.34. The summed E-state index contributed by atoms with van der Waals surface area (Å²) in [6, 6.07) is 8.83. The summed E-state index contributed by atoms with van der Waals surface area (Å²) < 4.78 is 19.5. The third-order valence-electron chi connectivity index (χ3n) is 3.06. The van der Waals surface area contributed by atoms with Crippen LogP contribution in [0.25, 0.3) is 21.9 Å². The van der Waals surface area contributed by atoms with E-state index in [2.05, 4.69) is 25.3 Å². The van der Waals surface area contributed by atoms with Crippen LogP contribution in [-0.2, 0) is 11.5 Å². The van der Waals surface area contributed by atoms with Gasteiger partial charge in [-0.3, -0.25) is 0 Å². The normalized spacial score (nSPS) is 11.5. The summed E-state index contributed by atoms with van der Waals surface area (Å²) in [5.41, 5.74) is 3.29. The van der Waals surface area contributed by atoms with Gasteiger partial charge in [0.25, 0.3) is 0 Å². The number of hydrogen-bond acceptors (Lipinski definition) is 3. The van der Waals surface area contributed by atoms with Crippen molar-refractivity contribution in [3.63, 3.8) is 0 Å². The van der Waals surface area contributed by atoms with Gasteiger partial charge < -0.3 is 4.42 Å². The van der Waals surface area contributed by atoms with Crippen LogP contribution >= 0.6 is 25.3 Å². The predicted molar refractivity (Wildman–Crippen MR) is 79.1 cm³/mol. The van der Waals surface area contributed by atoms with Crippen molar-refractivity contribution in [2.24, 2.45) is 0 Å². The van der Waals surface area contributed by atoms with Crippen LogP contribution in [0.5, 0.6) is 0 Å². The van der Waals surface area contributed by atoms with Crippen LogP contribution in [0.2, 0.25) is 0 Å². The van der Waals surface area contributed by atoms with Crippen molar-refractivity contribution in [2.75, 3.05) is 0 Å². The molecule has 1 heterocycles. The molecule has 0 unspecified atom stereocenters. The molecule has 0 bridgehead atoms. The lowest BCUT2D eigenvalue weighted by atomic mass is 10.1. The summed E-state index contributed by atoms with van der Waals surface area (Å²) in [7, 11) is 0. The molecule has 0 aliphatic carbocycles. The highest BCUT2D eigenvalue weighted by molar-refractivity contribution is 7.79. The molecule has 0 aliphatic heterocycles. The largest absolute Gasteiger partial charge is 0.455 e. The Balaban J connectivity index is 2.50. The zero-order valence-electron chi connectivity index (χ0n) is 9.48. The van der Waals surface area contributed by atoms with Gasteiger partial charge in [0, 0.05) is 33.4 Å². The molecule has 1 aromatic heterocycles. The summed E-state index contributed by atoms with van der Waals surface area (Å²) in [5.74, 6) is 0.783. The Kier molecular flexibility index (Phi) is 2.99. The van der Waals surface area contributed by atoms with Gasteiger partial charge in [-0.2, -0.15) is 25.3 Å². The predicted octanol–water partition coefficient (Wildman–Crippen LogP) is 4.58. The Labute approximate surface area is 115 Å². The van der Waals surface area contributed by atoms with Gasteiger partial charge >= 0.3 is 0 Å². The van der Waals surface area contributed by atoms with Crippen LogP contribution in [0.15, 0.2) is 34.7 Å². The minimum Gasteiger partial charge on any atom is -0.455 e. The molecule has 0 atom stereocenters. The minimum absolute atomic E-state index is 0.259. The van der Waals surface area contributed by atoms with Gasteiger partial charge in [-0.15, -0.1) is 0 Å². The van der Waals surface area contributed by atoms with Gasteiger partial charge in [-0.1, -0.05) is 18.2 Å². The van der Waals surface area contributed by atoms with Crippen LogP contribution in [0.1, 0.15) is 11.1 Å². The van der Waals surface area contributed by atoms with E-state index in [0.29, 0.717) is 11.5 Å². The third-order valence-corrected chi connectivity index (χ3v) is 3.74. The van der Waals surface area contributed by atoms with Crippen LogP contribution in [0.4, 0.5) is 4.39 Å². The maximum absolute atomic E-state index is 13.6.